The average Bonchev–Trinajstić information content (AvgIpc) is 3.33. The Labute approximate surface area is 201 Å². The first-order valence-electron chi connectivity index (χ1n) is 11.8. The van der Waals surface area contributed by atoms with E-state index < -0.39 is 0 Å². The number of carbonyl (C=O) groups is 2. The Kier molecular flexibility index (Phi) is 7.63. The Morgan fingerprint density at radius 1 is 1.00 bits per heavy atom. The Bertz CT molecular complexity index is 960. The molecule has 2 aliphatic heterocycles. The lowest BCUT2D eigenvalue weighted by Gasteiger charge is -2.27. The van der Waals surface area contributed by atoms with E-state index in [1.807, 2.05) is 36.0 Å². The maximum atomic E-state index is 13.7. The topological polar surface area (TPSA) is 49.9 Å². The minimum Gasteiger partial charge on any atom is -0.497 e. The summed E-state index contributed by atoms with van der Waals surface area (Å²) in [5.41, 5.74) is 3.52. The van der Waals surface area contributed by atoms with E-state index in [4.69, 9.17) is 4.74 Å². The largest absolute Gasteiger partial charge is 0.497 e. The van der Waals surface area contributed by atoms with Crippen molar-refractivity contribution < 1.29 is 14.3 Å². The number of aryl methyl sites for hydroxylation is 1. The fourth-order valence-corrected chi connectivity index (χ4v) is 6.61. The van der Waals surface area contributed by atoms with Crippen LogP contribution in [0.25, 0.3) is 0 Å². The number of benzene rings is 2. The molecule has 0 saturated carbocycles. The molecule has 2 heterocycles. The zero-order chi connectivity index (χ0) is 23.4. The lowest BCUT2D eigenvalue weighted by molar-refractivity contribution is -0.117. The number of amides is 2. The first kappa shape index (κ1) is 23.7. The maximum absolute atomic E-state index is 13.7. The smallest absolute Gasteiger partial charge is 0.321 e. The molecule has 0 N–H and O–H groups in total. The quantitative estimate of drug-likeness (QED) is 0.345. The van der Waals surface area contributed by atoms with Crippen LogP contribution in [0.3, 0.4) is 0 Å². The molecule has 6 heteroatoms. The second kappa shape index (κ2) is 10.6. The lowest BCUT2D eigenvalue weighted by atomic mass is 10.00. The third kappa shape index (κ3) is 5.55. The Hall–Kier alpha value is -2.47. The van der Waals surface area contributed by atoms with Gasteiger partial charge >= 0.3 is 6.03 Å². The van der Waals surface area contributed by atoms with Crippen molar-refractivity contribution in [2.24, 2.45) is 0 Å². The van der Waals surface area contributed by atoms with Crippen LogP contribution in [0.5, 0.6) is 5.75 Å². The Morgan fingerprint density at radius 2 is 1.64 bits per heavy atom. The van der Waals surface area contributed by atoms with Gasteiger partial charge in [-0.05, 0) is 49.9 Å². The van der Waals surface area contributed by atoms with Crippen molar-refractivity contribution in [3.63, 3.8) is 0 Å². The van der Waals surface area contributed by atoms with E-state index in [1.165, 1.54) is 11.1 Å². The monoisotopic (exact) mass is 466 g/mol. The number of fused-ring (bicyclic) bond motifs is 1. The lowest BCUT2D eigenvalue weighted by Crippen LogP contribution is -2.40. The van der Waals surface area contributed by atoms with E-state index in [0.29, 0.717) is 24.8 Å². The number of hydrogen-bond acceptors (Lipinski definition) is 4. The van der Waals surface area contributed by atoms with E-state index >= 15 is 0 Å². The molecule has 0 unspecified atom stereocenters. The molecule has 2 aromatic carbocycles. The van der Waals surface area contributed by atoms with Crippen LogP contribution in [0.4, 0.5) is 4.79 Å². The van der Waals surface area contributed by atoms with Crippen molar-refractivity contribution in [3.05, 3.63) is 65.2 Å². The van der Waals surface area contributed by atoms with Crippen molar-refractivity contribution in [2.75, 3.05) is 12.9 Å². The highest BCUT2D eigenvalue weighted by Crippen LogP contribution is 2.42. The fraction of sp³-hybridized carbons (Fsp3) is 0.481. The molecule has 2 aliphatic rings. The van der Waals surface area contributed by atoms with Crippen LogP contribution in [-0.2, 0) is 17.9 Å². The zero-order valence-corrected chi connectivity index (χ0v) is 20.6. The van der Waals surface area contributed by atoms with Gasteiger partial charge < -0.3 is 19.3 Å². The molecule has 2 aromatic rings. The van der Waals surface area contributed by atoms with Gasteiger partial charge in [-0.3, -0.25) is 0 Å². The van der Waals surface area contributed by atoms with Crippen LogP contribution >= 0.6 is 11.8 Å². The number of urea groups is 1. The fourth-order valence-electron chi connectivity index (χ4n) is 4.93. The van der Waals surface area contributed by atoms with Crippen LogP contribution < -0.4 is 4.74 Å². The zero-order valence-electron chi connectivity index (χ0n) is 19.8. The van der Waals surface area contributed by atoms with Crippen LogP contribution in [-0.4, -0.2) is 51.8 Å². The Balaban J connectivity index is 1.52. The summed E-state index contributed by atoms with van der Waals surface area (Å²) in [6.07, 6.45) is 3.67. The predicted octanol–water partition coefficient (Wildman–Crippen LogP) is 5.44. The summed E-state index contributed by atoms with van der Waals surface area (Å²) in [6.45, 7) is 5.01. The van der Waals surface area contributed by atoms with Gasteiger partial charge in [0, 0.05) is 30.5 Å². The molecule has 4 rings (SSSR count). The number of unbranched alkanes of at least 4 members (excludes halogenated alkanes) is 1. The summed E-state index contributed by atoms with van der Waals surface area (Å²) in [6, 6.07) is 17.1. The summed E-state index contributed by atoms with van der Waals surface area (Å²) < 4.78 is 5.28. The molecule has 33 heavy (non-hydrogen) atoms. The molecule has 2 saturated heterocycles. The standard InChI is InChI=1S/C27H34N2O3S/c1-19-8-10-21(11-9-19)17-29-26-24(18-33-25(26)7-5-4-6-20(2)30)28(27(29)31)16-22-12-14-23(32-3)15-13-22/h8-15,24-26H,4-7,16-18H2,1-3H3/t24-,25-,26-/m0/s1. The Morgan fingerprint density at radius 3 is 2.27 bits per heavy atom. The molecule has 0 spiro atoms. The number of thioether (sulfide) groups is 1. The highest BCUT2D eigenvalue weighted by molar-refractivity contribution is 8.00. The summed E-state index contributed by atoms with van der Waals surface area (Å²) in [5.74, 6) is 2.05. The van der Waals surface area contributed by atoms with Gasteiger partial charge in [0.2, 0.25) is 0 Å². The molecule has 5 nitrogen and oxygen atoms in total. The van der Waals surface area contributed by atoms with Crippen LogP contribution in [0, 0.1) is 6.92 Å². The summed E-state index contributed by atoms with van der Waals surface area (Å²) in [7, 11) is 1.67. The van der Waals surface area contributed by atoms with Gasteiger partial charge in [0.25, 0.3) is 0 Å². The highest BCUT2D eigenvalue weighted by atomic mass is 32.2. The first-order chi connectivity index (χ1) is 16.0. The van der Waals surface area contributed by atoms with Crippen molar-refractivity contribution >= 4 is 23.6 Å². The van der Waals surface area contributed by atoms with Crippen molar-refractivity contribution in [1.29, 1.82) is 0 Å². The molecule has 2 fully saturated rings. The van der Waals surface area contributed by atoms with Gasteiger partial charge in [0.15, 0.2) is 0 Å². The number of methoxy groups -OCH3 is 1. The van der Waals surface area contributed by atoms with Gasteiger partial charge in [-0.15, -0.1) is 0 Å². The van der Waals surface area contributed by atoms with E-state index in [1.54, 1.807) is 14.0 Å². The van der Waals surface area contributed by atoms with E-state index in [9.17, 15) is 9.59 Å². The first-order valence-corrected chi connectivity index (χ1v) is 12.9. The molecule has 0 aliphatic carbocycles. The molecular weight excluding hydrogens is 432 g/mol. The normalized spacial score (nSPS) is 22.0. The van der Waals surface area contributed by atoms with Gasteiger partial charge in [-0.2, -0.15) is 11.8 Å². The van der Waals surface area contributed by atoms with Crippen LogP contribution in [0.15, 0.2) is 48.5 Å². The van der Waals surface area contributed by atoms with Crippen LogP contribution in [0.2, 0.25) is 0 Å². The highest BCUT2D eigenvalue weighted by Gasteiger charge is 2.52. The summed E-state index contributed by atoms with van der Waals surface area (Å²) in [5, 5.41) is 0.414. The summed E-state index contributed by atoms with van der Waals surface area (Å²) in [4.78, 5) is 29.2. The average molecular weight is 467 g/mol. The number of ether oxygens (including phenoxy) is 1. The predicted molar refractivity (Wildman–Crippen MR) is 134 cm³/mol. The SMILES string of the molecule is COc1ccc(CN2C(=O)N(Cc3ccc(C)cc3)[C@@H]3[C@H](CCCCC(C)=O)SC[C@@H]32)cc1. The maximum Gasteiger partial charge on any atom is 0.321 e. The number of carbonyl (C=O) groups excluding carboxylic acids is 2. The minimum absolute atomic E-state index is 0.135. The van der Waals surface area contributed by atoms with Crippen molar-refractivity contribution in [2.45, 2.75) is 70.0 Å². The number of hydrogen-bond donors (Lipinski definition) is 0. The third-order valence-corrected chi connectivity index (χ3v) is 8.24. The number of nitrogens with zero attached hydrogens (tertiary/aromatic N) is 2. The van der Waals surface area contributed by atoms with E-state index in [0.717, 1.165) is 36.3 Å². The molecule has 0 radical (unpaired) electrons. The molecule has 3 atom stereocenters. The molecular formula is C27H34N2O3S. The van der Waals surface area contributed by atoms with Gasteiger partial charge in [0.05, 0.1) is 19.2 Å². The van der Waals surface area contributed by atoms with Crippen LogP contribution in [0.1, 0.15) is 49.3 Å². The van der Waals surface area contributed by atoms with Gasteiger partial charge in [-0.1, -0.05) is 48.4 Å². The van der Waals surface area contributed by atoms with Crippen molar-refractivity contribution in [1.82, 2.24) is 9.80 Å². The molecule has 2 amide bonds. The van der Waals surface area contributed by atoms with Crippen molar-refractivity contribution in [3.8, 4) is 5.75 Å². The number of Topliss-reactive ketones (excluding diaryl/α,β-unsaturated/α-hetero) is 1. The molecule has 176 valence electrons. The number of rotatable bonds is 10. The molecule has 0 aromatic heterocycles. The van der Waals surface area contributed by atoms with Gasteiger partial charge in [0.1, 0.15) is 11.5 Å². The molecule has 0 bridgehead atoms. The van der Waals surface area contributed by atoms with Gasteiger partial charge in [-0.25, -0.2) is 4.79 Å². The van der Waals surface area contributed by atoms with E-state index in [2.05, 4.69) is 41.0 Å². The second-order valence-corrected chi connectivity index (χ2v) is 10.5. The number of ketones is 1. The second-order valence-electron chi connectivity index (χ2n) is 9.25. The van der Waals surface area contributed by atoms with E-state index in [-0.39, 0.29) is 23.9 Å². The minimum atomic E-state index is 0.135. The third-order valence-electron chi connectivity index (χ3n) is 6.76. The summed E-state index contributed by atoms with van der Waals surface area (Å²) >= 11 is 1.99.